The molecule has 2 aliphatic rings. The predicted octanol–water partition coefficient (Wildman–Crippen LogP) is 1.21. The van der Waals surface area contributed by atoms with E-state index in [2.05, 4.69) is 5.43 Å². The molecular formula is C9H8N2O2S. The Morgan fingerprint density at radius 1 is 1.57 bits per heavy atom. The monoisotopic (exact) mass is 208 g/mol. The normalized spacial score (nSPS) is 22.9. The number of fused-ring (bicyclic) bond motifs is 1. The van der Waals surface area contributed by atoms with Gasteiger partial charge in [0.2, 0.25) is 5.88 Å². The van der Waals surface area contributed by atoms with Crippen LogP contribution in [0, 0.1) is 0 Å². The van der Waals surface area contributed by atoms with Crippen LogP contribution in [0.4, 0.5) is 5.88 Å². The van der Waals surface area contributed by atoms with Gasteiger partial charge in [-0.05, 0) is 12.2 Å². The Labute approximate surface area is 83.3 Å². The van der Waals surface area contributed by atoms with E-state index in [1.54, 1.807) is 11.5 Å². The lowest BCUT2D eigenvalue weighted by Gasteiger charge is -2.13. The standard InChI is InChI=1S/C9H8N2O2S/c12-14-5-2-7-8(14)6-9(13-7)11-4-1-3-10-11/h1-3,5-6,10H,4H2. The third kappa shape index (κ3) is 1.02. The van der Waals surface area contributed by atoms with Gasteiger partial charge in [-0.2, -0.15) is 0 Å². The van der Waals surface area contributed by atoms with Gasteiger partial charge in [-0.1, -0.05) is 0 Å². The highest BCUT2D eigenvalue weighted by Crippen LogP contribution is 2.31. The van der Waals surface area contributed by atoms with Crippen LogP contribution in [0.1, 0.15) is 5.76 Å². The van der Waals surface area contributed by atoms with Crippen molar-refractivity contribution in [2.45, 2.75) is 4.90 Å². The number of hydrogen-bond acceptors (Lipinski definition) is 4. The van der Waals surface area contributed by atoms with E-state index in [-0.39, 0.29) is 0 Å². The van der Waals surface area contributed by atoms with Crippen LogP contribution in [0.25, 0.3) is 6.08 Å². The predicted molar refractivity (Wildman–Crippen MR) is 53.8 cm³/mol. The van der Waals surface area contributed by atoms with E-state index in [1.165, 1.54) is 0 Å². The molecule has 3 rings (SSSR count). The summed E-state index contributed by atoms with van der Waals surface area (Å²) in [6.07, 6.45) is 5.58. The molecule has 1 unspecified atom stereocenters. The number of hydrogen-bond donors (Lipinski definition) is 1. The molecule has 2 aliphatic heterocycles. The molecular weight excluding hydrogens is 200 g/mol. The van der Waals surface area contributed by atoms with E-state index in [1.807, 2.05) is 23.4 Å². The molecule has 5 heteroatoms. The number of rotatable bonds is 1. The van der Waals surface area contributed by atoms with Gasteiger partial charge >= 0.3 is 0 Å². The zero-order valence-corrected chi connectivity index (χ0v) is 8.08. The summed E-state index contributed by atoms with van der Waals surface area (Å²) < 4.78 is 16.9. The van der Waals surface area contributed by atoms with Crippen LogP contribution in [0.15, 0.2) is 33.1 Å². The number of hydrazine groups is 1. The lowest BCUT2D eigenvalue weighted by molar-refractivity contribution is 0.531. The maximum Gasteiger partial charge on any atom is 0.216 e. The molecule has 0 bridgehead atoms. The summed E-state index contributed by atoms with van der Waals surface area (Å²) in [6.45, 7) is 0.767. The summed E-state index contributed by atoms with van der Waals surface area (Å²) in [5.41, 5.74) is 3.01. The first kappa shape index (κ1) is 7.87. The molecule has 0 radical (unpaired) electrons. The molecule has 72 valence electrons. The van der Waals surface area contributed by atoms with Crippen LogP contribution in [0.5, 0.6) is 0 Å². The van der Waals surface area contributed by atoms with Gasteiger partial charge in [-0.25, -0.2) is 4.21 Å². The summed E-state index contributed by atoms with van der Waals surface area (Å²) in [7, 11) is -1.03. The summed E-state index contributed by atoms with van der Waals surface area (Å²) in [4.78, 5) is 0.758. The SMILES string of the molecule is O=S1C=Cc2oc(N3CC=CN3)cc21. The Hall–Kier alpha value is -1.49. The number of anilines is 1. The second-order valence-corrected chi connectivity index (χ2v) is 4.36. The van der Waals surface area contributed by atoms with Crippen molar-refractivity contribution in [2.24, 2.45) is 0 Å². The average molecular weight is 208 g/mol. The maximum atomic E-state index is 11.4. The van der Waals surface area contributed by atoms with Gasteiger partial charge in [0.15, 0.2) is 0 Å². The van der Waals surface area contributed by atoms with Crippen LogP contribution in [0.2, 0.25) is 0 Å². The smallest absolute Gasteiger partial charge is 0.216 e. The topological polar surface area (TPSA) is 45.5 Å². The molecule has 0 aromatic carbocycles. The molecule has 0 fully saturated rings. The molecule has 0 saturated carbocycles. The van der Waals surface area contributed by atoms with E-state index in [4.69, 9.17) is 4.42 Å². The molecule has 14 heavy (non-hydrogen) atoms. The van der Waals surface area contributed by atoms with Crippen LogP contribution >= 0.6 is 0 Å². The van der Waals surface area contributed by atoms with Crippen molar-refractivity contribution in [2.75, 3.05) is 11.6 Å². The Morgan fingerprint density at radius 2 is 2.50 bits per heavy atom. The quantitative estimate of drug-likeness (QED) is 0.753. The maximum absolute atomic E-state index is 11.4. The van der Waals surface area contributed by atoms with E-state index in [9.17, 15) is 4.21 Å². The molecule has 0 spiro atoms. The fraction of sp³-hybridized carbons (Fsp3) is 0.111. The molecule has 1 N–H and O–H groups in total. The lowest BCUT2D eigenvalue weighted by atomic mass is 10.4. The van der Waals surface area contributed by atoms with Gasteiger partial charge in [0.05, 0.1) is 22.2 Å². The molecule has 0 amide bonds. The minimum atomic E-state index is -1.03. The van der Waals surface area contributed by atoms with Crippen molar-refractivity contribution in [3.8, 4) is 0 Å². The Bertz CT molecular complexity index is 453. The first-order chi connectivity index (χ1) is 6.84. The summed E-state index contributed by atoms with van der Waals surface area (Å²) in [6, 6.07) is 1.81. The second kappa shape index (κ2) is 2.75. The van der Waals surface area contributed by atoms with Crippen molar-refractivity contribution in [1.29, 1.82) is 0 Å². The fourth-order valence-corrected chi connectivity index (χ4v) is 2.40. The minimum absolute atomic E-state index is 0.701. The molecule has 4 nitrogen and oxygen atoms in total. The van der Waals surface area contributed by atoms with Crippen molar-refractivity contribution < 1.29 is 8.63 Å². The van der Waals surface area contributed by atoms with Gasteiger partial charge in [0.1, 0.15) is 5.76 Å². The largest absolute Gasteiger partial charge is 0.438 e. The second-order valence-electron chi connectivity index (χ2n) is 3.06. The van der Waals surface area contributed by atoms with Crippen molar-refractivity contribution in [3.05, 3.63) is 29.5 Å². The third-order valence-electron chi connectivity index (χ3n) is 2.17. The average Bonchev–Trinajstić information content (AvgIpc) is 2.83. The van der Waals surface area contributed by atoms with E-state index in [0.29, 0.717) is 11.6 Å². The summed E-state index contributed by atoms with van der Waals surface area (Å²) >= 11 is 0. The molecule has 3 heterocycles. The van der Waals surface area contributed by atoms with Crippen LogP contribution in [-0.4, -0.2) is 10.8 Å². The van der Waals surface area contributed by atoms with E-state index >= 15 is 0 Å². The molecule has 0 saturated heterocycles. The fourth-order valence-electron chi connectivity index (χ4n) is 1.49. The number of nitrogens with one attached hydrogen (secondary N) is 1. The zero-order valence-electron chi connectivity index (χ0n) is 7.27. The van der Waals surface area contributed by atoms with Crippen LogP contribution < -0.4 is 10.4 Å². The molecule has 1 aromatic rings. The zero-order chi connectivity index (χ0) is 9.54. The van der Waals surface area contributed by atoms with Gasteiger partial charge in [0, 0.05) is 17.7 Å². The molecule has 1 aromatic heterocycles. The first-order valence-corrected chi connectivity index (χ1v) is 5.47. The third-order valence-corrected chi connectivity index (χ3v) is 3.31. The molecule has 1 atom stereocenters. The highest BCUT2D eigenvalue weighted by molar-refractivity contribution is 7.88. The number of furan rings is 1. The highest BCUT2D eigenvalue weighted by Gasteiger charge is 2.21. The summed E-state index contributed by atoms with van der Waals surface area (Å²) in [5, 5.41) is 3.48. The van der Waals surface area contributed by atoms with Gasteiger partial charge in [-0.3, -0.25) is 5.01 Å². The van der Waals surface area contributed by atoms with Crippen molar-refractivity contribution >= 4 is 22.8 Å². The summed E-state index contributed by atoms with van der Waals surface area (Å²) in [5.74, 6) is 1.41. The van der Waals surface area contributed by atoms with Crippen LogP contribution in [-0.2, 0) is 10.8 Å². The van der Waals surface area contributed by atoms with Crippen molar-refractivity contribution in [1.82, 2.24) is 5.43 Å². The highest BCUT2D eigenvalue weighted by atomic mass is 32.2. The Morgan fingerprint density at radius 3 is 3.21 bits per heavy atom. The minimum Gasteiger partial charge on any atom is -0.438 e. The first-order valence-electron chi connectivity index (χ1n) is 4.26. The molecule has 0 aliphatic carbocycles. The van der Waals surface area contributed by atoms with E-state index in [0.717, 1.165) is 11.4 Å². The van der Waals surface area contributed by atoms with Gasteiger partial charge in [-0.15, -0.1) is 0 Å². The van der Waals surface area contributed by atoms with Crippen LogP contribution in [0.3, 0.4) is 0 Å². The van der Waals surface area contributed by atoms with E-state index < -0.39 is 10.8 Å². The van der Waals surface area contributed by atoms with Gasteiger partial charge < -0.3 is 9.84 Å². The lowest BCUT2D eigenvalue weighted by Crippen LogP contribution is -2.28. The number of nitrogens with zero attached hydrogens (tertiary/aromatic N) is 1. The Kier molecular flexibility index (Phi) is 1.55. The van der Waals surface area contributed by atoms with Gasteiger partial charge in [0.25, 0.3) is 0 Å². The van der Waals surface area contributed by atoms with Crippen molar-refractivity contribution in [3.63, 3.8) is 0 Å². The Balaban J connectivity index is 1.98.